The van der Waals surface area contributed by atoms with E-state index >= 15 is 0 Å². The third kappa shape index (κ3) is 6.86. The number of nitrogens with zero attached hydrogens (tertiary/aromatic N) is 2. The molecule has 0 atom stereocenters. The lowest BCUT2D eigenvalue weighted by molar-refractivity contribution is -0.135. The average Bonchev–Trinajstić information content (AvgIpc) is 3.09. The molecule has 2 aromatic carbocycles. The van der Waals surface area contributed by atoms with Crippen LogP contribution in [0.5, 0.6) is 11.5 Å². The number of hydrogen-bond donors (Lipinski definition) is 0. The summed E-state index contributed by atoms with van der Waals surface area (Å²) in [6, 6.07) is 13.6. The molecular weight excluding hydrogens is 500 g/mol. The van der Waals surface area contributed by atoms with Crippen molar-refractivity contribution in [3.05, 3.63) is 76.7 Å². The summed E-state index contributed by atoms with van der Waals surface area (Å²) < 4.78 is 12.1. The summed E-state index contributed by atoms with van der Waals surface area (Å²) in [4.78, 5) is 41.7. The standard InChI is InChI=1S/C30H34N2O5S/c1-3-12-24-17-23(18-25(36-4-2)28(24)37-21-22-13-8-7-9-14-22)19-26-29(34)32(30(35)38-26)20-27(33)31-15-10-5-6-11-16-31/h3,7-9,13-14,17-19H,1,4-6,10-12,15-16,20-21H2,2H3. The summed E-state index contributed by atoms with van der Waals surface area (Å²) in [5.74, 6) is 0.562. The molecule has 0 bridgehead atoms. The molecule has 0 radical (unpaired) electrons. The molecular formula is C30H34N2O5S. The van der Waals surface area contributed by atoms with Gasteiger partial charge in [0.15, 0.2) is 11.5 Å². The van der Waals surface area contributed by atoms with Gasteiger partial charge in [-0.1, -0.05) is 49.2 Å². The molecule has 0 aromatic heterocycles. The quantitative estimate of drug-likeness (QED) is 0.282. The van der Waals surface area contributed by atoms with Crippen molar-refractivity contribution in [3.63, 3.8) is 0 Å². The van der Waals surface area contributed by atoms with Gasteiger partial charge in [0.2, 0.25) is 5.91 Å². The lowest BCUT2D eigenvalue weighted by atomic mass is 10.0. The molecule has 4 rings (SSSR count). The Labute approximate surface area is 228 Å². The lowest BCUT2D eigenvalue weighted by Crippen LogP contribution is -2.42. The number of carbonyl (C=O) groups excluding carboxylic acids is 3. The molecule has 7 nitrogen and oxygen atoms in total. The van der Waals surface area contributed by atoms with Crippen LogP contribution in [-0.4, -0.2) is 53.1 Å². The number of ether oxygens (including phenoxy) is 2. The fourth-order valence-corrected chi connectivity index (χ4v) is 5.41. The smallest absolute Gasteiger partial charge is 0.294 e. The first-order valence-corrected chi connectivity index (χ1v) is 13.9. The van der Waals surface area contributed by atoms with Gasteiger partial charge in [0, 0.05) is 18.7 Å². The first-order chi connectivity index (χ1) is 18.5. The van der Waals surface area contributed by atoms with E-state index in [0.717, 1.165) is 53.5 Å². The second-order valence-electron chi connectivity index (χ2n) is 9.27. The number of amides is 3. The summed E-state index contributed by atoms with van der Waals surface area (Å²) in [6.45, 7) is 7.72. The predicted molar refractivity (Wildman–Crippen MR) is 150 cm³/mol. The van der Waals surface area contributed by atoms with E-state index in [0.29, 0.717) is 49.8 Å². The van der Waals surface area contributed by atoms with E-state index < -0.39 is 11.1 Å². The number of rotatable bonds is 10. The largest absolute Gasteiger partial charge is 0.490 e. The fourth-order valence-electron chi connectivity index (χ4n) is 4.57. The van der Waals surface area contributed by atoms with Crippen LogP contribution in [0.3, 0.4) is 0 Å². The molecule has 8 heteroatoms. The molecule has 38 heavy (non-hydrogen) atoms. The van der Waals surface area contributed by atoms with E-state index in [-0.39, 0.29) is 17.4 Å². The summed E-state index contributed by atoms with van der Waals surface area (Å²) in [5.41, 5.74) is 2.61. The van der Waals surface area contributed by atoms with Crippen LogP contribution < -0.4 is 9.47 Å². The molecule has 2 heterocycles. The third-order valence-corrected chi connectivity index (χ3v) is 7.38. The van der Waals surface area contributed by atoms with Crippen LogP contribution in [0.1, 0.15) is 49.3 Å². The molecule has 0 N–H and O–H groups in total. The second kappa shape index (κ2) is 13.3. The highest BCUT2D eigenvalue weighted by Gasteiger charge is 2.37. The molecule has 2 aromatic rings. The minimum absolute atomic E-state index is 0.178. The SMILES string of the molecule is C=CCc1cc(C=C2SC(=O)N(CC(=O)N3CCCCCC3)C2=O)cc(OCC)c1OCc1ccccc1. The number of carbonyl (C=O) groups is 3. The Bertz CT molecular complexity index is 1200. The number of allylic oxidation sites excluding steroid dienone is 1. The van der Waals surface area contributed by atoms with Gasteiger partial charge >= 0.3 is 0 Å². The molecule has 3 amide bonds. The molecule has 0 saturated carbocycles. The third-order valence-electron chi connectivity index (χ3n) is 6.47. The molecule has 2 saturated heterocycles. The Kier molecular flexibility index (Phi) is 9.65. The predicted octanol–water partition coefficient (Wildman–Crippen LogP) is 5.83. The van der Waals surface area contributed by atoms with Gasteiger partial charge in [-0.05, 0) is 67.3 Å². The van der Waals surface area contributed by atoms with Gasteiger partial charge < -0.3 is 14.4 Å². The van der Waals surface area contributed by atoms with Crippen molar-refractivity contribution < 1.29 is 23.9 Å². The van der Waals surface area contributed by atoms with Crippen molar-refractivity contribution >= 4 is 34.9 Å². The average molecular weight is 535 g/mol. The number of thioether (sulfide) groups is 1. The van der Waals surface area contributed by atoms with Crippen LogP contribution in [0.4, 0.5) is 4.79 Å². The Morgan fingerprint density at radius 3 is 2.47 bits per heavy atom. The normalized spacial score (nSPS) is 17.0. The zero-order valence-electron chi connectivity index (χ0n) is 21.8. The van der Waals surface area contributed by atoms with E-state index in [1.807, 2.05) is 49.4 Å². The van der Waals surface area contributed by atoms with Crippen LogP contribution in [-0.2, 0) is 22.6 Å². The minimum atomic E-state index is -0.448. The summed E-state index contributed by atoms with van der Waals surface area (Å²) >= 11 is 0.855. The number of likely N-dealkylation sites (tertiary alicyclic amines) is 1. The van der Waals surface area contributed by atoms with Gasteiger partial charge in [0.25, 0.3) is 11.1 Å². The molecule has 0 spiro atoms. The van der Waals surface area contributed by atoms with Gasteiger partial charge in [0.1, 0.15) is 13.2 Å². The fraction of sp³-hybridized carbons (Fsp3) is 0.367. The van der Waals surface area contributed by atoms with Crippen molar-refractivity contribution in [3.8, 4) is 11.5 Å². The molecule has 2 aliphatic heterocycles. The molecule has 200 valence electrons. The highest BCUT2D eigenvalue weighted by atomic mass is 32.2. The Morgan fingerprint density at radius 1 is 1.05 bits per heavy atom. The van der Waals surface area contributed by atoms with Crippen LogP contribution >= 0.6 is 11.8 Å². The van der Waals surface area contributed by atoms with E-state index in [1.54, 1.807) is 17.1 Å². The first-order valence-electron chi connectivity index (χ1n) is 13.1. The zero-order valence-corrected chi connectivity index (χ0v) is 22.6. The topological polar surface area (TPSA) is 76.2 Å². The minimum Gasteiger partial charge on any atom is -0.490 e. The van der Waals surface area contributed by atoms with Gasteiger partial charge in [-0.2, -0.15) is 0 Å². The van der Waals surface area contributed by atoms with Crippen LogP contribution in [0.25, 0.3) is 6.08 Å². The molecule has 0 unspecified atom stereocenters. The Morgan fingerprint density at radius 2 is 1.79 bits per heavy atom. The Balaban J connectivity index is 1.55. The van der Waals surface area contributed by atoms with Crippen LogP contribution in [0, 0.1) is 0 Å². The van der Waals surface area contributed by atoms with Gasteiger partial charge in [-0.25, -0.2) is 0 Å². The van der Waals surface area contributed by atoms with E-state index in [2.05, 4.69) is 6.58 Å². The maximum atomic E-state index is 13.1. The number of hydrogen-bond acceptors (Lipinski definition) is 6. The van der Waals surface area contributed by atoms with E-state index in [4.69, 9.17) is 9.47 Å². The molecule has 0 aliphatic carbocycles. The Hall–Kier alpha value is -3.52. The van der Waals surface area contributed by atoms with Crippen molar-refractivity contribution in [1.82, 2.24) is 9.80 Å². The van der Waals surface area contributed by atoms with Gasteiger partial charge in [-0.3, -0.25) is 19.3 Å². The second-order valence-corrected chi connectivity index (χ2v) is 10.3. The lowest BCUT2D eigenvalue weighted by Gasteiger charge is -2.22. The van der Waals surface area contributed by atoms with E-state index in [9.17, 15) is 14.4 Å². The van der Waals surface area contributed by atoms with Crippen molar-refractivity contribution in [2.75, 3.05) is 26.2 Å². The maximum Gasteiger partial charge on any atom is 0.294 e. The number of benzene rings is 2. The van der Waals surface area contributed by atoms with Crippen molar-refractivity contribution in [2.45, 2.75) is 45.6 Å². The van der Waals surface area contributed by atoms with Crippen molar-refractivity contribution in [1.29, 1.82) is 0 Å². The molecule has 2 aliphatic rings. The van der Waals surface area contributed by atoms with Crippen LogP contribution in [0.2, 0.25) is 0 Å². The number of imide groups is 1. The van der Waals surface area contributed by atoms with E-state index in [1.165, 1.54) is 0 Å². The van der Waals surface area contributed by atoms with Crippen LogP contribution in [0.15, 0.2) is 60.0 Å². The first kappa shape index (κ1) is 27.5. The molecule has 2 fully saturated rings. The zero-order chi connectivity index (χ0) is 26.9. The summed E-state index contributed by atoms with van der Waals surface area (Å²) in [5, 5.41) is -0.427. The van der Waals surface area contributed by atoms with Gasteiger partial charge in [0.05, 0.1) is 11.5 Å². The highest BCUT2D eigenvalue weighted by Crippen LogP contribution is 2.38. The summed E-state index contributed by atoms with van der Waals surface area (Å²) in [6.07, 6.45) is 8.10. The van der Waals surface area contributed by atoms with Gasteiger partial charge in [-0.15, -0.1) is 6.58 Å². The summed E-state index contributed by atoms with van der Waals surface area (Å²) in [7, 11) is 0. The maximum absolute atomic E-state index is 13.1. The monoisotopic (exact) mass is 534 g/mol. The highest BCUT2D eigenvalue weighted by molar-refractivity contribution is 8.18. The van der Waals surface area contributed by atoms with Crippen molar-refractivity contribution in [2.24, 2.45) is 0 Å².